The third-order valence-corrected chi connectivity index (χ3v) is 4.18. The molecule has 102 valence electrons. The number of hydrogen-bond donors (Lipinski definition) is 2. The molecule has 20 heavy (non-hydrogen) atoms. The van der Waals surface area contributed by atoms with E-state index in [1.807, 2.05) is 36.4 Å². The number of phenolic OH excluding ortho intramolecular Hbond substituents is 1. The van der Waals surface area contributed by atoms with Crippen LogP contribution in [0, 0.1) is 0 Å². The molecular weight excluding hydrogens is 294 g/mol. The van der Waals surface area contributed by atoms with Crippen molar-refractivity contribution < 1.29 is 9.52 Å². The molecule has 0 aliphatic rings. The van der Waals surface area contributed by atoms with Gasteiger partial charge in [-0.05, 0) is 48.5 Å². The number of anilines is 1. The van der Waals surface area contributed by atoms with Crippen LogP contribution in [-0.4, -0.2) is 5.11 Å². The van der Waals surface area contributed by atoms with Crippen LogP contribution >= 0.6 is 22.9 Å². The predicted molar refractivity (Wildman–Crippen MR) is 81.6 cm³/mol. The average molecular weight is 306 g/mol. The summed E-state index contributed by atoms with van der Waals surface area (Å²) in [7, 11) is 0. The molecule has 0 fully saturated rings. The van der Waals surface area contributed by atoms with E-state index >= 15 is 0 Å². The van der Waals surface area contributed by atoms with Gasteiger partial charge in [-0.15, -0.1) is 11.3 Å². The van der Waals surface area contributed by atoms with Crippen molar-refractivity contribution in [1.29, 1.82) is 0 Å². The molecule has 0 amide bonds. The summed E-state index contributed by atoms with van der Waals surface area (Å²) in [5.41, 5.74) is 0.897. The van der Waals surface area contributed by atoms with Gasteiger partial charge in [-0.25, -0.2) is 0 Å². The van der Waals surface area contributed by atoms with E-state index in [9.17, 15) is 5.11 Å². The lowest BCUT2D eigenvalue weighted by atomic mass is 10.1. The Balaban J connectivity index is 1.92. The Morgan fingerprint density at radius 1 is 1.10 bits per heavy atom. The van der Waals surface area contributed by atoms with Gasteiger partial charge in [-0.1, -0.05) is 11.6 Å². The number of phenols is 1. The third-order valence-electron chi connectivity index (χ3n) is 2.88. The van der Waals surface area contributed by atoms with E-state index in [1.54, 1.807) is 18.4 Å². The van der Waals surface area contributed by atoms with Crippen LogP contribution in [0.5, 0.6) is 5.75 Å². The first-order chi connectivity index (χ1) is 9.72. The first-order valence-electron chi connectivity index (χ1n) is 6.06. The van der Waals surface area contributed by atoms with Gasteiger partial charge in [0, 0.05) is 10.6 Å². The molecule has 0 saturated heterocycles. The van der Waals surface area contributed by atoms with E-state index in [0.29, 0.717) is 0 Å². The Bertz CT molecular complexity index is 676. The number of benzene rings is 1. The lowest BCUT2D eigenvalue weighted by Gasteiger charge is -2.16. The fourth-order valence-corrected chi connectivity index (χ4v) is 3.07. The summed E-state index contributed by atoms with van der Waals surface area (Å²) in [6.07, 6.45) is 1.65. The second kappa shape index (κ2) is 5.61. The van der Waals surface area contributed by atoms with Crippen molar-refractivity contribution in [3.8, 4) is 5.75 Å². The van der Waals surface area contributed by atoms with Gasteiger partial charge in [0.2, 0.25) is 0 Å². The van der Waals surface area contributed by atoms with Crippen LogP contribution in [0.2, 0.25) is 4.34 Å². The van der Waals surface area contributed by atoms with Crippen molar-refractivity contribution >= 4 is 28.6 Å². The Labute approximate surface area is 125 Å². The van der Waals surface area contributed by atoms with Crippen LogP contribution in [0.15, 0.2) is 59.2 Å². The van der Waals surface area contributed by atoms with Crippen molar-refractivity contribution in [3.05, 3.63) is 69.8 Å². The van der Waals surface area contributed by atoms with Gasteiger partial charge in [0.15, 0.2) is 0 Å². The van der Waals surface area contributed by atoms with Gasteiger partial charge in [-0.3, -0.25) is 0 Å². The summed E-state index contributed by atoms with van der Waals surface area (Å²) in [5, 5.41) is 12.7. The first kappa shape index (κ1) is 13.1. The van der Waals surface area contributed by atoms with Gasteiger partial charge in [0.05, 0.1) is 10.6 Å². The highest BCUT2D eigenvalue weighted by atomic mass is 35.5. The third kappa shape index (κ3) is 2.81. The van der Waals surface area contributed by atoms with Gasteiger partial charge < -0.3 is 14.8 Å². The number of hydrogen-bond acceptors (Lipinski definition) is 4. The molecule has 0 bridgehead atoms. The van der Waals surface area contributed by atoms with Crippen LogP contribution in [-0.2, 0) is 0 Å². The Kier molecular flexibility index (Phi) is 3.67. The number of rotatable bonds is 4. The number of thiophene rings is 1. The highest BCUT2D eigenvalue weighted by Crippen LogP contribution is 2.34. The quantitative estimate of drug-likeness (QED) is 0.674. The summed E-state index contributed by atoms with van der Waals surface area (Å²) in [6.45, 7) is 0. The number of furan rings is 1. The van der Waals surface area contributed by atoms with Crippen molar-refractivity contribution in [3.63, 3.8) is 0 Å². The largest absolute Gasteiger partial charge is 0.508 e. The standard InChI is InChI=1S/C15H12ClNO2S/c16-14-8-7-13(20-14)15(12-2-1-9-19-12)17-10-3-5-11(18)6-4-10/h1-9,15,17-18H. The van der Waals surface area contributed by atoms with E-state index in [-0.39, 0.29) is 11.8 Å². The fourth-order valence-electron chi connectivity index (χ4n) is 1.95. The summed E-state index contributed by atoms with van der Waals surface area (Å²) in [6, 6.07) is 14.4. The Morgan fingerprint density at radius 2 is 1.90 bits per heavy atom. The van der Waals surface area contributed by atoms with Crippen molar-refractivity contribution in [2.75, 3.05) is 5.32 Å². The van der Waals surface area contributed by atoms with Crippen LogP contribution < -0.4 is 5.32 Å². The molecule has 3 nitrogen and oxygen atoms in total. The molecule has 0 aliphatic heterocycles. The molecule has 3 rings (SSSR count). The molecule has 2 N–H and O–H groups in total. The molecule has 0 radical (unpaired) electrons. The molecule has 1 aromatic carbocycles. The van der Waals surface area contributed by atoms with Gasteiger partial charge >= 0.3 is 0 Å². The summed E-state index contributed by atoms with van der Waals surface area (Å²) < 4.78 is 6.25. The minimum atomic E-state index is -0.105. The van der Waals surface area contributed by atoms with E-state index in [4.69, 9.17) is 16.0 Å². The highest BCUT2D eigenvalue weighted by molar-refractivity contribution is 7.16. The van der Waals surface area contributed by atoms with Gasteiger partial charge in [-0.2, -0.15) is 0 Å². The van der Waals surface area contributed by atoms with Gasteiger partial charge in [0.1, 0.15) is 17.6 Å². The maximum atomic E-state index is 9.33. The minimum Gasteiger partial charge on any atom is -0.508 e. The molecule has 2 aromatic heterocycles. The van der Waals surface area contributed by atoms with E-state index in [2.05, 4.69) is 5.32 Å². The molecule has 0 saturated carbocycles. The van der Waals surface area contributed by atoms with Crippen molar-refractivity contribution in [2.24, 2.45) is 0 Å². The molecule has 0 spiro atoms. The smallest absolute Gasteiger partial charge is 0.131 e. The van der Waals surface area contributed by atoms with Crippen molar-refractivity contribution in [2.45, 2.75) is 6.04 Å². The second-order valence-electron chi connectivity index (χ2n) is 4.28. The molecular formula is C15H12ClNO2S. The summed E-state index contributed by atoms with van der Waals surface area (Å²) in [5.74, 6) is 1.06. The molecule has 1 unspecified atom stereocenters. The zero-order chi connectivity index (χ0) is 13.9. The summed E-state index contributed by atoms with van der Waals surface area (Å²) in [4.78, 5) is 1.07. The van der Waals surface area contributed by atoms with Crippen LogP contribution in [0.25, 0.3) is 0 Å². The number of halogens is 1. The van der Waals surface area contributed by atoms with Gasteiger partial charge in [0.25, 0.3) is 0 Å². The average Bonchev–Trinajstić information content (AvgIpc) is 3.09. The normalized spacial score (nSPS) is 12.2. The lowest BCUT2D eigenvalue weighted by Crippen LogP contribution is -2.09. The maximum absolute atomic E-state index is 9.33. The second-order valence-corrected chi connectivity index (χ2v) is 6.03. The monoisotopic (exact) mass is 305 g/mol. The Hall–Kier alpha value is -1.91. The maximum Gasteiger partial charge on any atom is 0.131 e. The molecule has 0 aliphatic carbocycles. The first-order valence-corrected chi connectivity index (χ1v) is 7.26. The van der Waals surface area contributed by atoms with Crippen LogP contribution in [0.3, 0.4) is 0 Å². The minimum absolute atomic E-state index is 0.105. The number of aromatic hydroxyl groups is 1. The van der Waals surface area contributed by atoms with E-state index in [0.717, 1.165) is 20.7 Å². The number of nitrogens with one attached hydrogen (secondary N) is 1. The topological polar surface area (TPSA) is 45.4 Å². The fraction of sp³-hybridized carbons (Fsp3) is 0.0667. The highest BCUT2D eigenvalue weighted by Gasteiger charge is 2.18. The molecule has 1 atom stereocenters. The predicted octanol–water partition coefficient (Wildman–Crippen LogP) is 4.90. The van der Waals surface area contributed by atoms with E-state index < -0.39 is 0 Å². The zero-order valence-electron chi connectivity index (χ0n) is 10.4. The van der Waals surface area contributed by atoms with Crippen LogP contribution in [0.1, 0.15) is 16.7 Å². The molecule has 2 heterocycles. The molecule has 3 aromatic rings. The van der Waals surface area contributed by atoms with E-state index in [1.165, 1.54) is 11.3 Å². The van der Waals surface area contributed by atoms with Crippen LogP contribution in [0.4, 0.5) is 5.69 Å². The zero-order valence-corrected chi connectivity index (χ0v) is 12.0. The lowest BCUT2D eigenvalue weighted by molar-refractivity contribution is 0.475. The van der Waals surface area contributed by atoms with Crippen molar-refractivity contribution in [1.82, 2.24) is 0 Å². The summed E-state index contributed by atoms with van der Waals surface area (Å²) >= 11 is 7.53. The molecule has 5 heteroatoms. The SMILES string of the molecule is Oc1ccc(NC(c2ccco2)c2ccc(Cl)s2)cc1. The Morgan fingerprint density at radius 3 is 2.50 bits per heavy atom.